The second kappa shape index (κ2) is 9.17. The maximum Gasteiger partial charge on any atom is 0.255 e. The summed E-state index contributed by atoms with van der Waals surface area (Å²) in [6.45, 7) is 0.847. The van der Waals surface area contributed by atoms with Crippen LogP contribution >= 0.6 is 0 Å². The summed E-state index contributed by atoms with van der Waals surface area (Å²) in [4.78, 5) is 24.9. The van der Waals surface area contributed by atoms with Crippen molar-refractivity contribution in [3.63, 3.8) is 0 Å². The molecule has 2 aliphatic rings. The fourth-order valence-corrected chi connectivity index (χ4v) is 4.45. The van der Waals surface area contributed by atoms with Crippen LogP contribution in [0.2, 0.25) is 0 Å². The Bertz CT molecular complexity index is 1080. The molecule has 3 N–H and O–H groups in total. The van der Waals surface area contributed by atoms with Crippen molar-refractivity contribution in [3.05, 3.63) is 59.7 Å². The highest BCUT2D eigenvalue weighted by molar-refractivity contribution is 7.89. The number of amides is 2. The molecule has 1 atom stereocenters. The normalized spacial score (nSPS) is 18.5. The van der Waals surface area contributed by atoms with Gasteiger partial charge in [0.1, 0.15) is 0 Å². The average molecular weight is 444 g/mol. The third kappa shape index (κ3) is 5.69. The summed E-state index contributed by atoms with van der Waals surface area (Å²) >= 11 is 0. The largest absolute Gasteiger partial charge is 0.377 e. The zero-order chi connectivity index (χ0) is 21.8. The standard InChI is InChI=1S/C22H25N3O5S/c26-21(24-17-9-10-17)15-4-1-6-18(12-15)25-22(27)16-5-2-8-20(13-16)31(28,29)23-14-19-7-3-11-30-19/h1-2,4-6,8,12-13,17,19,23H,3,7,9-11,14H2,(H,24,26)(H,25,27). The van der Waals surface area contributed by atoms with E-state index in [0.717, 1.165) is 25.7 Å². The molecule has 1 unspecified atom stereocenters. The molecular formula is C22H25N3O5S. The second-order valence-corrected chi connectivity index (χ2v) is 9.56. The predicted molar refractivity (Wildman–Crippen MR) is 115 cm³/mol. The lowest BCUT2D eigenvalue weighted by atomic mass is 10.1. The Hall–Kier alpha value is -2.75. The minimum absolute atomic E-state index is 0.00992. The van der Waals surface area contributed by atoms with Gasteiger partial charge in [0.2, 0.25) is 10.0 Å². The Morgan fingerprint density at radius 3 is 2.42 bits per heavy atom. The van der Waals surface area contributed by atoms with Crippen molar-refractivity contribution in [2.24, 2.45) is 0 Å². The van der Waals surface area contributed by atoms with Crippen LogP contribution in [0.3, 0.4) is 0 Å². The Balaban J connectivity index is 1.42. The summed E-state index contributed by atoms with van der Waals surface area (Å²) in [5.41, 5.74) is 1.12. The van der Waals surface area contributed by atoms with Gasteiger partial charge in [0.15, 0.2) is 0 Å². The van der Waals surface area contributed by atoms with Gasteiger partial charge in [-0.1, -0.05) is 12.1 Å². The van der Waals surface area contributed by atoms with E-state index >= 15 is 0 Å². The number of carbonyl (C=O) groups excluding carboxylic acids is 2. The smallest absolute Gasteiger partial charge is 0.255 e. The molecule has 4 rings (SSSR count). The van der Waals surface area contributed by atoms with Gasteiger partial charge in [0, 0.05) is 36.0 Å². The molecule has 2 aromatic carbocycles. The molecule has 1 aliphatic carbocycles. The quantitative estimate of drug-likeness (QED) is 0.579. The van der Waals surface area contributed by atoms with Gasteiger partial charge in [-0.3, -0.25) is 9.59 Å². The number of sulfonamides is 1. The van der Waals surface area contributed by atoms with Crippen LogP contribution in [0.25, 0.3) is 0 Å². The number of hydrogen-bond acceptors (Lipinski definition) is 5. The molecule has 1 heterocycles. The molecule has 2 aromatic rings. The molecule has 0 bridgehead atoms. The third-order valence-corrected chi connectivity index (χ3v) is 6.65. The molecule has 2 amide bonds. The lowest BCUT2D eigenvalue weighted by Crippen LogP contribution is -2.32. The van der Waals surface area contributed by atoms with Crippen molar-refractivity contribution >= 4 is 27.5 Å². The van der Waals surface area contributed by atoms with E-state index in [2.05, 4.69) is 15.4 Å². The first-order valence-electron chi connectivity index (χ1n) is 10.3. The zero-order valence-electron chi connectivity index (χ0n) is 17.0. The molecular weight excluding hydrogens is 418 g/mol. The highest BCUT2D eigenvalue weighted by Crippen LogP contribution is 2.20. The number of ether oxygens (including phenoxy) is 1. The number of benzene rings is 2. The lowest BCUT2D eigenvalue weighted by molar-refractivity contribution is 0.0949. The van der Waals surface area contributed by atoms with Crippen molar-refractivity contribution in [2.45, 2.75) is 42.7 Å². The van der Waals surface area contributed by atoms with E-state index in [9.17, 15) is 18.0 Å². The van der Waals surface area contributed by atoms with E-state index in [-0.39, 0.29) is 35.1 Å². The molecule has 0 spiro atoms. The molecule has 0 aromatic heterocycles. The monoisotopic (exact) mass is 443 g/mol. The van der Waals surface area contributed by atoms with E-state index in [0.29, 0.717) is 17.9 Å². The zero-order valence-corrected chi connectivity index (χ0v) is 17.8. The van der Waals surface area contributed by atoms with Crippen molar-refractivity contribution in [1.82, 2.24) is 10.0 Å². The molecule has 1 saturated carbocycles. The Labute approximate surface area is 181 Å². The molecule has 1 aliphatic heterocycles. The van der Waals surface area contributed by atoms with Crippen molar-refractivity contribution in [3.8, 4) is 0 Å². The van der Waals surface area contributed by atoms with Gasteiger partial charge in [-0.25, -0.2) is 13.1 Å². The molecule has 9 heteroatoms. The number of anilines is 1. The fourth-order valence-electron chi connectivity index (χ4n) is 3.33. The van der Waals surface area contributed by atoms with Gasteiger partial charge < -0.3 is 15.4 Å². The van der Waals surface area contributed by atoms with Crippen molar-refractivity contribution in [2.75, 3.05) is 18.5 Å². The summed E-state index contributed by atoms with van der Waals surface area (Å²) in [7, 11) is -3.76. The number of nitrogens with one attached hydrogen (secondary N) is 3. The maximum atomic E-state index is 12.7. The first kappa shape index (κ1) is 21.5. The van der Waals surface area contributed by atoms with Crippen LogP contribution in [0.15, 0.2) is 53.4 Å². The minimum atomic E-state index is -3.76. The molecule has 2 fully saturated rings. The minimum Gasteiger partial charge on any atom is -0.377 e. The Kier molecular flexibility index (Phi) is 6.35. The molecule has 8 nitrogen and oxygen atoms in total. The third-order valence-electron chi connectivity index (χ3n) is 5.23. The van der Waals surface area contributed by atoms with E-state index in [1.807, 2.05) is 0 Å². The number of hydrogen-bond donors (Lipinski definition) is 3. The summed E-state index contributed by atoms with van der Waals surface area (Å²) in [6.07, 6.45) is 3.60. The van der Waals surface area contributed by atoms with Crippen molar-refractivity contribution in [1.29, 1.82) is 0 Å². The second-order valence-electron chi connectivity index (χ2n) is 7.80. The van der Waals surface area contributed by atoms with Gasteiger partial charge in [0.25, 0.3) is 11.8 Å². The van der Waals surface area contributed by atoms with E-state index in [4.69, 9.17) is 4.74 Å². The lowest BCUT2D eigenvalue weighted by Gasteiger charge is -2.12. The van der Waals surface area contributed by atoms with Crippen LogP contribution in [-0.2, 0) is 14.8 Å². The number of carbonyl (C=O) groups is 2. The van der Waals surface area contributed by atoms with Crippen LogP contribution in [0.4, 0.5) is 5.69 Å². The first-order valence-corrected chi connectivity index (χ1v) is 11.8. The predicted octanol–water partition coefficient (Wildman–Crippen LogP) is 2.29. The van der Waals surface area contributed by atoms with Crippen molar-refractivity contribution < 1.29 is 22.7 Å². The SMILES string of the molecule is O=C(Nc1cccc(C(=O)NC2CC2)c1)c1cccc(S(=O)(=O)NCC2CCCO2)c1. The first-order chi connectivity index (χ1) is 14.9. The Morgan fingerprint density at radius 2 is 1.71 bits per heavy atom. The molecule has 31 heavy (non-hydrogen) atoms. The van der Waals surface area contributed by atoms with E-state index in [1.54, 1.807) is 24.3 Å². The van der Waals surface area contributed by atoms with Gasteiger partial charge >= 0.3 is 0 Å². The van der Waals surface area contributed by atoms with Crippen LogP contribution in [0.1, 0.15) is 46.4 Å². The summed E-state index contributed by atoms with van der Waals surface area (Å²) < 4.78 is 33.2. The van der Waals surface area contributed by atoms with E-state index in [1.165, 1.54) is 24.3 Å². The number of rotatable bonds is 8. The average Bonchev–Trinajstić information content (AvgIpc) is 3.42. The van der Waals surface area contributed by atoms with Crippen LogP contribution in [0, 0.1) is 0 Å². The summed E-state index contributed by atoms with van der Waals surface area (Å²) in [6, 6.07) is 12.7. The summed E-state index contributed by atoms with van der Waals surface area (Å²) in [5, 5.41) is 5.63. The van der Waals surface area contributed by atoms with Crippen LogP contribution in [-0.4, -0.2) is 45.5 Å². The summed E-state index contributed by atoms with van der Waals surface area (Å²) in [5.74, 6) is -0.639. The van der Waals surface area contributed by atoms with Gasteiger partial charge in [-0.15, -0.1) is 0 Å². The topological polar surface area (TPSA) is 114 Å². The highest BCUT2D eigenvalue weighted by Gasteiger charge is 2.24. The van der Waals surface area contributed by atoms with E-state index < -0.39 is 15.9 Å². The fraction of sp³-hybridized carbons (Fsp3) is 0.364. The van der Waals surface area contributed by atoms with Gasteiger partial charge in [-0.2, -0.15) is 0 Å². The molecule has 1 saturated heterocycles. The van der Waals surface area contributed by atoms with Gasteiger partial charge in [0.05, 0.1) is 11.0 Å². The van der Waals surface area contributed by atoms with Crippen LogP contribution in [0.5, 0.6) is 0 Å². The maximum absolute atomic E-state index is 12.7. The van der Waals surface area contributed by atoms with Crippen LogP contribution < -0.4 is 15.4 Å². The molecule has 0 radical (unpaired) electrons. The Morgan fingerprint density at radius 1 is 0.968 bits per heavy atom. The highest BCUT2D eigenvalue weighted by atomic mass is 32.2. The molecule has 164 valence electrons. The van der Waals surface area contributed by atoms with Gasteiger partial charge in [-0.05, 0) is 62.1 Å².